The van der Waals surface area contributed by atoms with Gasteiger partial charge in [0.15, 0.2) is 0 Å². The summed E-state index contributed by atoms with van der Waals surface area (Å²) in [6.45, 7) is 16.0. The van der Waals surface area contributed by atoms with E-state index in [0.717, 1.165) is 18.4 Å². The molecule has 1 saturated heterocycles. The summed E-state index contributed by atoms with van der Waals surface area (Å²) in [7, 11) is 1.69. The van der Waals surface area contributed by atoms with Gasteiger partial charge in [-0.3, -0.25) is 24.0 Å². The number of hydrogen-bond donors (Lipinski definition) is 4. The van der Waals surface area contributed by atoms with Crippen LogP contribution in [0.3, 0.4) is 0 Å². The van der Waals surface area contributed by atoms with Gasteiger partial charge in [0.25, 0.3) is 5.91 Å². The topological polar surface area (TPSA) is 157 Å². The van der Waals surface area contributed by atoms with Crippen LogP contribution in [-0.2, 0) is 30.5 Å². The first-order valence-corrected chi connectivity index (χ1v) is 17.5. The zero-order valence-electron chi connectivity index (χ0n) is 30.6. The van der Waals surface area contributed by atoms with Crippen molar-refractivity contribution in [3.05, 3.63) is 35.9 Å². The molecule has 5 atom stereocenters. The smallest absolute Gasteiger partial charge is 0.315 e. The quantitative estimate of drug-likeness (QED) is 0.235. The molecule has 0 spiro atoms. The Morgan fingerprint density at radius 2 is 1.59 bits per heavy atom. The number of benzene rings is 1. The number of amides is 6. The lowest BCUT2D eigenvalue weighted by Crippen LogP contribution is -2.62. The second-order valence-corrected chi connectivity index (χ2v) is 16.9. The third kappa shape index (κ3) is 9.60. The van der Waals surface area contributed by atoms with E-state index in [1.165, 1.54) is 0 Å². The molecule has 2 saturated carbocycles. The Hall–Kier alpha value is -3.96. The van der Waals surface area contributed by atoms with Gasteiger partial charge >= 0.3 is 6.03 Å². The molecule has 1 aromatic carbocycles. The monoisotopic (exact) mass is 680 g/mol. The van der Waals surface area contributed by atoms with Crippen molar-refractivity contribution in [1.29, 1.82) is 0 Å². The number of nitrogens with one attached hydrogen (secondary N) is 4. The molecule has 2 aliphatic carbocycles. The zero-order valence-corrected chi connectivity index (χ0v) is 30.6. The van der Waals surface area contributed by atoms with E-state index in [1.807, 2.05) is 71.9 Å². The second-order valence-electron chi connectivity index (χ2n) is 16.9. The molecule has 12 heteroatoms. The van der Waals surface area contributed by atoms with Crippen LogP contribution in [0.2, 0.25) is 0 Å². The Morgan fingerprint density at radius 3 is 2.16 bits per heavy atom. The molecular weight excluding hydrogens is 624 g/mol. The normalized spacial score (nSPS) is 22.2. The van der Waals surface area contributed by atoms with Crippen molar-refractivity contribution in [2.75, 3.05) is 20.1 Å². The van der Waals surface area contributed by atoms with Crippen molar-refractivity contribution in [3.8, 4) is 0 Å². The van der Waals surface area contributed by atoms with Gasteiger partial charge in [-0.05, 0) is 61.3 Å². The Labute approximate surface area is 290 Å². The number of carbonyl (C=O) groups excluding carboxylic acids is 6. The Kier molecular flexibility index (Phi) is 11.2. The van der Waals surface area contributed by atoms with Crippen LogP contribution in [0.5, 0.6) is 0 Å². The van der Waals surface area contributed by atoms with Crippen LogP contribution in [-0.4, -0.2) is 89.0 Å². The minimum Gasteiger partial charge on any atom is -0.349 e. The van der Waals surface area contributed by atoms with Crippen LogP contribution in [0.1, 0.15) is 86.6 Å². The largest absolute Gasteiger partial charge is 0.349 e. The highest BCUT2D eigenvalue weighted by atomic mass is 16.2. The minimum atomic E-state index is -1.05. The van der Waals surface area contributed by atoms with Gasteiger partial charge < -0.3 is 31.1 Å². The fourth-order valence-corrected chi connectivity index (χ4v) is 6.98. The van der Waals surface area contributed by atoms with Gasteiger partial charge in [0.2, 0.25) is 23.5 Å². The second kappa shape index (κ2) is 14.5. The summed E-state index contributed by atoms with van der Waals surface area (Å²) in [5.74, 6) is -2.42. The molecule has 1 heterocycles. The number of piperidine rings is 1. The highest BCUT2D eigenvalue weighted by Crippen LogP contribution is 2.65. The fraction of sp³-hybridized carbons (Fsp3) is 0.676. The van der Waals surface area contributed by atoms with E-state index in [-0.39, 0.29) is 47.9 Å². The molecule has 1 aliphatic heterocycles. The highest BCUT2D eigenvalue weighted by Gasteiger charge is 2.70. The first-order chi connectivity index (χ1) is 22.7. The number of hydrogen-bond acceptors (Lipinski definition) is 6. The van der Waals surface area contributed by atoms with Crippen molar-refractivity contribution in [1.82, 2.24) is 31.1 Å². The van der Waals surface area contributed by atoms with Gasteiger partial charge in [0, 0.05) is 38.6 Å². The molecule has 12 nitrogen and oxygen atoms in total. The van der Waals surface area contributed by atoms with Crippen molar-refractivity contribution in [2.24, 2.45) is 28.6 Å². The van der Waals surface area contributed by atoms with Crippen LogP contribution < -0.4 is 21.3 Å². The predicted octanol–water partition coefficient (Wildman–Crippen LogP) is 3.00. The van der Waals surface area contributed by atoms with E-state index in [4.69, 9.17) is 0 Å². The van der Waals surface area contributed by atoms with Crippen molar-refractivity contribution >= 4 is 35.4 Å². The molecule has 6 amide bonds. The van der Waals surface area contributed by atoms with Crippen LogP contribution in [0, 0.1) is 28.6 Å². The summed E-state index contributed by atoms with van der Waals surface area (Å²) in [5.41, 5.74) is -0.367. The van der Waals surface area contributed by atoms with Crippen molar-refractivity contribution < 1.29 is 28.8 Å². The third-order valence-electron chi connectivity index (χ3n) is 10.1. The first-order valence-electron chi connectivity index (χ1n) is 17.5. The summed E-state index contributed by atoms with van der Waals surface area (Å²) < 4.78 is 0. The fourth-order valence-electron chi connectivity index (χ4n) is 6.98. The molecular formula is C37H56N6O6. The number of ketones is 1. The average Bonchev–Trinajstić information content (AvgIpc) is 3.85. The molecule has 0 bridgehead atoms. The van der Waals surface area contributed by atoms with Crippen LogP contribution >= 0.6 is 0 Å². The summed E-state index contributed by atoms with van der Waals surface area (Å²) in [6, 6.07) is 6.27. The molecule has 3 aliphatic rings. The lowest BCUT2D eigenvalue weighted by atomic mass is 9.85. The summed E-state index contributed by atoms with van der Waals surface area (Å²) in [6.07, 6.45) is 2.17. The van der Waals surface area contributed by atoms with Gasteiger partial charge in [0.1, 0.15) is 12.1 Å². The Morgan fingerprint density at radius 1 is 0.959 bits per heavy atom. The van der Waals surface area contributed by atoms with Crippen molar-refractivity contribution in [3.63, 3.8) is 0 Å². The molecule has 3 fully saturated rings. The van der Waals surface area contributed by atoms with E-state index in [2.05, 4.69) is 35.1 Å². The van der Waals surface area contributed by atoms with Crippen LogP contribution in [0.15, 0.2) is 30.3 Å². The molecule has 0 radical (unpaired) electrons. The number of urea groups is 1. The molecule has 49 heavy (non-hydrogen) atoms. The van der Waals surface area contributed by atoms with E-state index >= 15 is 0 Å². The maximum absolute atomic E-state index is 14.2. The third-order valence-corrected chi connectivity index (χ3v) is 10.1. The SMILES string of the molecule is CN(Cc1ccccc1)C(=O)CCNC(=O)C(=O)C(CC1CC1)NC(=O)[C@@H]1[C@@H]2[C@H](CN1C(=O)[C@@H](NC(=O)NC(C)(C)C)C(C)(C)C)C2(C)C. The van der Waals surface area contributed by atoms with E-state index in [9.17, 15) is 28.8 Å². The van der Waals surface area contributed by atoms with Gasteiger partial charge in [-0.15, -0.1) is 0 Å². The average molecular weight is 681 g/mol. The first kappa shape index (κ1) is 37.9. The maximum atomic E-state index is 14.2. The maximum Gasteiger partial charge on any atom is 0.315 e. The van der Waals surface area contributed by atoms with Gasteiger partial charge in [-0.2, -0.15) is 0 Å². The number of nitrogens with zero attached hydrogens (tertiary/aromatic N) is 2. The highest BCUT2D eigenvalue weighted by molar-refractivity contribution is 6.38. The van der Waals surface area contributed by atoms with Gasteiger partial charge in [0.05, 0.1) is 6.04 Å². The molecule has 0 aromatic heterocycles. The lowest BCUT2D eigenvalue weighted by molar-refractivity contribution is -0.145. The molecule has 1 aromatic rings. The summed E-state index contributed by atoms with van der Waals surface area (Å²) in [5, 5.41) is 11.1. The van der Waals surface area contributed by atoms with Crippen LogP contribution in [0.25, 0.3) is 0 Å². The number of carbonyl (C=O) groups is 6. The predicted molar refractivity (Wildman–Crippen MR) is 186 cm³/mol. The molecule has 4 rings (SSSR count). The lowest BCUT2D eigenvalue weighted by Gasteiger charge is -2.38. The van der Waals surface area contributed by atoms with E-state index < -0.39 is 52.7 Å². The molecule has 4 N–H and O–H groups in total. The van der Waals surface area contributed by atoms with Gasteiger partial charge in [-0.25, -0.2) is 4.79 Å². The number of rotatable bonds is 13. The summed E-state index contributed by atoms with van der Waals surface area (Å²) >= 11 is 0. The standard InChI is InChI=1S/C37H56N6O6/c1-35(2,3)30(40-34(49)41-36(4,5)6)33(48)43-21-24-27(37(24,7)8)28(43)31(46)39-25(19-22-15-16-22)29(45)32(47)38-18-17-26(44)42(9)20-23-13-11-10-12-14-23/h10-14,22,24-25,27-28,30H,15-21H2,1-9H3,(H,38,47)(H,39,46)(H2,40,41,49)/t24-,25?,27-,28-,30+/m0/s1. The molecule has 270 valence electrons. The van der Waals surface area contributed by atoms with E-state index in [0.29, 0.717) is 19.5 Å². The van der Waals surface area contributed by atoms with Crippen LogP contribution in [0.4, 0.5) is 4.79 Å². The minimum absolute atomic E-state index is 0.0144. The summed E-state index contributed by atoms with van der Waals surface area (Å²) in [4.78, 5) is 83.4. The zero-order chi connectivity index (χ0) is 36.5. The number of likely N-dealkylation sites (tertiary alicyclic amines) is 1. The van der Waals surface area contributed by atoms with Gasteiger partial charge in [-0.1, -0.05) is 77.8 Å². The number of Topliss-reactive ketones (excluding diaryl/α,β-unsaturated/α-hetero) is 1. The Bertz CT molecular complexity index is 1430. The van der Waals surface area contributed by atoms with E-state index in [1.54, 1.807) is 16.8 Å². The number of fused-ring (bicyclic) bond motifs is 1. The van der Waals surface area contributed by atoms with Crippen molar-refractivity contribution in [2.45, 2.75) is 111 Å². The molecule has 1 unspecified atom stereocenters. The Balaban J connectivity index is 1.42.